The lowest BCUT2D eigenvalue weighted by atomic mass is 10.2. The molecule has 32 heavy (non-hydrogen) atoms. The Morgan fingerprint density at radius 2 is 1.06 bits per heavy atom. The van der Waals surface area contributed by atoms with Gasteiger partial charge in [0.1, 0.15) is 20.5 Å². The lowest BCUT2D eigenvalue weighted by Crippen LogP contribution is -2.39. The largest absolute Gasteiger partial charge is 0.867 e. The van der Waals surface area contributed by atoms with Gasteiger partial charge in [-0.2, -0.15) is 9.13 Å². The van der Waals surface area contributed by atoms with E-state index in [0.717, 1.165) is 13.1 Å². The third kappa shape index (κ3) is 7.86. The summed E-state index contributed by atoms with van der Waals surface area (Å²) in [6, 6.07) is 20.9. The first-order valence-corrected chi connectivity index (χ1v) is 13.1. The highest BCUT2D eigenvalue weighted by atomic mass is 79.9. The molecule has 10 heteroatoms. The highest BCUT2D eigenvalue weighted by Gasteiger charge is 2.18. The van der Waals surface area contributed by atoms with Gasteiger partial charge in [-0.3, -0.25) is 0 Å². The van der Waals surface area contributed by atoms with Crippen LogP contribution in [0.2, 0.25) is 0 Å². The molecule has 0 fully saturated rings. The van der Waals surface area contributed by atoms with Crippen molar-refractivity contribution in [2.24, 2.45) is 0 Å². The predicted octanol–water partition coefficient (Wildman–Crippen LogP) is 4.63. The summed E-state index contributed by atoms with van der Waals surface area (Å²) in [4.78, 5) is 0. The summed E-state index contributed by atoms with van der Waals surface area (Å²) >= 11 is 10.6. The third-order valence-electron chi connectivity index (χ3n) is 4.31. The normalized spacial score (nSPS) is 9.97. The standard InChI is InChI=1S/2C11H11BrNS.BFO2/c2*1-2-13-10(8-14-11(13)12)9-6-4-3-5-7-9;2-1(3)4/h2*3-8H,2H2,1H3;/q2*+1;-2. The summed E-state index contributed by atoms with van der Waals surface area (Å²) in [5, 5.41) is 21.0. The van der Waals surface area contributed by atoms with E-state index in [1.807, 2.05) is 12.1 Å². The van der Waals surface area contributed by atoms with Crippen LogP contribution in [0.15, 0.2) is 79.3 Å². The van der Waals surface area contributed by atoms with Gasteiger partial charge in [0.15, 0.2) is 0 Å². The average molecular weight is 600 g/mol. The summed E-state index contributed by atoms with van der Waals surface area (Å²) in [5.41, 5.74) is 5.11. The van der Waals surface area contributed by atoms with Gasteiger partial charge in [-0.15, -0.1) is 0 Å². The van der Waals surface area contributed by atoms with Crippen LogP contribution in [0, 0.1) is 0 Å². The van der Waals surface area contributed by atoms with Crippen LogP contribution in [0.4, 0.5) is 4.32 Å². The molecular weight excluding hydrogens is 578 g/mol. The molecule has 0 aliphatic heterocycles. The summed E-state index contributed by atoms with van der Waals surface area (Å²) < 4.78 is 16.8. The molecule has 0 unspecified atom stereocenters. The maximum atomic E-state index is 9.89. The number of aromatic nitrogens is 2. The lowest BCUT2D eigenvalue weighted by Gasteiger charge is -2.09. The molecule has 168 valence electrons. The second-order valence-electron chi connectivity index (χ2n) is 6.24. The van der Waals surface area contributed by atoms with Crippen LogP contribution in [0.1, 0.15) is 13.8 Å². The Bertz CT molecular complexity index is 994. The number of thiazole rings is 2. The molecule has 0 saturated heterocycles. The highest BCUT2D eigenvalue weighted by Crippen LogP contribution is 2.23. The Morgan fingerprint density at radius 1 is 0.750 bits per heavy atom. The van der Waals surface area contributed by atoms with Gasteiger partial charge in [0, 0.05) is 43.0 Å². The fraction of sp³-hybridized carbons (Fsp3) is 0.182. The van der Waals surface area contributed by atoms with Crippen molar-refractivity contribution in [3.63, 3.8) is 0 Å². The zero-order valence-electron chi connectivity index (χ0n) is 17.6. The van der Waals surface area contributed by atoms with E-state index in [4.69, 9.17) is 10.0 Å². The van der Waals surface area contributed by atoms with Gasteiger partial charge < -0.3 is 14.4 Å². The summed E-state index contributed by atoms with van der Waals surface area (Å²) in [6.07, 6.45) is 0. The van der Waals surface area contributed by atoms with Crippen molar-refractivity contribution >= 4 is 61.9 Å². The Kier molecular flexibility index (Phi) is 11.7. The Labute approximate surface area is 213 Å². The molecule has 0 spiro atoms. The minimum Gasteiger partial charge on any atom is -0.867 e. The number of hydrogen-bond donors (Lipinski definition) is 0. The molecule has 0 atom stereocenters. The second kappa shape index (κ2) is 14.0. The SMILES string of the molecule is CC[n+]1c(-c2ccccc2)csc1Br.CC[n+]1c(-c2ccccc2)csc1Br.[O-]B([O-])F. The predicted molar refractivity (Wildman–Crippen MR) is 134 cm³/mol. The summed E-state index contributed by atoms with van der Waals surface area (Å²) in [7, 11) is -3.17. The number of hydrogen-bond acceptors (Lipinski definition) is 4. The van der Waals surface area contributed by atoms with Crippen LogP contribution < -0.4 is 19.2 Å². The molecule has 0 saturated carbocycles. The van der Waals surface area contributed by atoms with E-state index < -0.39 is 7.40 Å². The van der Waals surface area contributed by atoms with Crippen molar-refractivity contribution < 1.29 is 23.5 Å². The van der Waals surface area contributed by atoms with Gasteiger partial charge in [0.05, 0.1) is 10.8 Å². The van der Waals surface area contributed by atoms with Gasteiger partial charge in [0.2, 0.25) is 11.4 Å². The first-order chi connectivity index (χ1) is 15.4. The van der Waals surface area contributed by atoms with Crippen molar-refractivity contribution in [2.45, 2.75) is 26.9 Å². The summed E-state index contributed by atoms with van der Waals surface area (Å²) in [6.45, 7) is 6.30. The molecule has 0 amide bonds. The van der Waals surface area contributed by atoms with E-state index in [1.54, 1.807) is 22.7 Å². The van der Waals surface area contributed by atoms with Gasteiger partial charge in [0.25, 0.3) is 0 Å². The quantitative estimate of drug-likeness (QED) is 0.254. The van der Waals surface area contributed by atoms with Gasteiger partial charge in [-0.25, -0.2) is 0 Å². The Morgan fingerprint density at radius 3 is 1.34 bits per heavy atom. The summed E-state index contributed by atoms with van der Waals surface area (Å²) in [5.74, 6) is 0. The number of nitrogens with zero attached hydrogens (tertiary/aromatic N) is 2. The number of halogens is 3. The first kappa shape index (κ1) is 26.8. The molecule has 4 nitrogen and oxygen atoms in total. The van der Waals surface area contributed by atoms with Gasteiger partial charge in [-0.05, 0) is 38.1 Å². The van der Waals surface area contributed by atoms with Gasteiger partial charge in [-0.1, -0.05) is 59.1 Å². The lowest BCUT2D eigenvalue weighted by molar-refractivity contribution is -0.688. The van der Waals surface area contributed by atoms with Crippen LogP contribution in [-0.2, 0) is 13.1 Å². The van der Waals surface area contributed by atoms with E-state index in [-0.39, 0.29) is 0 Å². The number of rotatable bonds is 4. The maximum absolute atomic E-state index is 9.89. The third-order valence-corrected chi connectivity index (χ3v) is 7.80. The zero-order chi connectivity index (χ0) is 23.5. The molecule has 0 N–H and O–H groups in total. The molecule has 0 radical (unpaired) electrons. The monoisotopic (exact) mass is 598 g/mol. The van der Waals surface area contributed by atoms with Crippen LogP contribution in [0.3, 0.4) is 0 Å². The van der Waals surface area contributed by atoms with Crippen molar-refractivity contribution in [1.82, 2.24) is 0 Å². The topological polar surface area (TPSA) is 53.9 Å². The maximum Gasteiger partial charge on any atom is 0.305 e. The second-order valence-corrected chi connectivity index (χ2v) is 10.5. The van der Waals surface area contributed by atoms with Crippen molar-refractivity contribution in [3.05, 3.63) is 79.3 Å². The average Bonchev–Trinajstić information content (AvgIpc) is 3.36. The minimum absolute atomic E-state index is 0.994. The van der Waals surface area contributed by atoms with Crippen molar-refractivity contribution in [3.8, 4) is 22.5 Å². The molecule has 4 rings (SSSR count). The Hall–Kier alpha value is -1.43. The van der Waals surface area contributed by atoms with E-state index >= 15 is 0 Å². The Balaban J connectivity index is 0.000000195. The first-order valence-electron chi connectivity index (χ1n) is 9.79. The molecule has 0 bridgehead atoms. The molecule has 4 aromatic rings. The molecule has 2 heterocycles. The van der Waals surface area contributed by atoms with E-state index in [0.29, 0.717) is 0 Å². The van der Waals surface area contributed by atoms with Crippen molar-refractivity contribution in [2.75, 3.05) is 0 Å². The number of benzene rings is 2. The van der Waals surface area contributed by atoms with Crippen LogP contribution in [0.5, 0.6) is 0 Å². The molecule has 0 aliphatic carbocycles. The molecule has 0 aliphatic rings. The van der Waals surface area contributed by atoms with Crippen LogP contribution in [0.25, 0.3) is 22.5 Å². The van der Waals surface area contributed by atoms with Gasteiger partial charge >= 0.3 is 7.83 Å². The minimum atomic E-state index is -3.17. The van der Waals surface area contributed by atoms with E-state index in [2.05, 4.69) is 114 Å². The molecule has 2 aromatic heterocycles. The van der Waals surface area contributed by atoms with Crippen LogP contribution >= 0.6 is 54.5 Å². The van der Waals surface area contributed by atoms with Crippen molar-refractivity contribution in [1.29, 1.82) is 0 Å². The van der Waals surface area contributed by atoms with E-state index in [1.165, 1.54) is 30.3 Å². The fourth-order valence-electron chi connectivity index (χ4n) is 2.91. The smallest absolute Gasteiger partial charge is 0.305 e. The zero-order valence-corrected chi connectivity index (χ0v) is 22.4. The van der Waals surface area contributed by atoms with E-state index in [9.17, 15) is 4.32 Å². The molecule has 2 aromatic carbocycles. The van der Waals surface area contributed by atoms with Crippen LogP contribution in [-0.4, -0.2) is 7.40 Å². The molecular formula is C22H22BBr2FN2O2S2. The fourth-order valence-corrected chi connectivity index (χ4v) is 6.01. The highest BCUT2D eigenvalue weighted by molar-refractivity contribution is 9.11.